The lowest BCUT2D eigenvalue weighted by atomic mass is 10.1. The van der Waals surface area contributed by atoms with Gasteiger partial charge in [0.15, 0.2) is 0 Å². The summed E-state index contributed by atoms with van der Waals surface area (Å²) in [7, 11) is 0.492. The molecule has 0 amide bonds. The SMILES string of the molecule is CC(C)=CCC/C(C)=C/CC/C(C)=C/C[N+](C)(C)CCCCS(=O)(=O)O. The summed E-state index contributed by atoms with van der Waals surface area (Å²) in [4.78, 5) is 0. The number of nitrogens with zero attached hydrogens (tertiary/aromatic N) is 1. The number of rotatable bonds is 13. The Hall–Kier alpha value is -0.910. The Balaban J connectivity index is 4.15. The largest absolute Gasteiger partial charge is 0.325 e. The number of allylic oxidation sites excluding steroid dienone is 5. The van der Waals surface area contributed by atoms with Gasteiger partial charge in [0.2, 0.25) is 0 Å². The van der Waals surface area contributed by atoms with Gasteiger partial charge < -0.3 is 4.48 Å². The molecule has 26 heavy (non-hydrogen) atoms. The zero-order valence-electron chi connectivity index (χ0n) is 17.7. The maximum atomic E-state index is 10.7. The highest BCUT2D eigenvalue weighted by atomic mass is 32.2. The monoisotopic (exact) mass is 386 g/mol. The fourth-order valence-electron chi connectivity index (χ4n) is 2.66. The van der Waals surface area contributed by atoms with E-state index in [0.717, 1.165) is 49.7 Å². The van der Waals surface area contributed by atoms with Gasteiger partial charge in [-0.25, -0.2) is 0 Å². The van der Waals surface area contributed by atoms with E-state index in [2.05, 4.69) is 60.0 Å². The molecule has 0 rings (SSSR count). The Morgan fingerprint density at radius 1 is 0.885 bits per heavy atom. The van der Waals surface area contributed by atoms with Crippen molar-refractivity contribution in [1.29, 1.82) is 0 Å². The van der Waals surface area contributed by atoms with Crippen molar-refractivity contribution >= 4 is 10.1 Å². The number of likely N-dealkylation sites (N-methyl/N-ethyl adjacent to an activating group) is 1. The number of hydrogen-bond acceptors (Lipinski definition) is 2. The second-order valence-electron chi connectivity index (χ2n) is 8.29. The molecule has 0 aliphatic carbocycles. The standard InChI is InChI=1S/C21H39NO3S/c1-19(2)11-9-12-20(3)13-10-14-21(4)15-17-22(5,6)16-7-8-18-26(23,24)25/h11,13,15H,7-10,12,14,16-18H2,1-6H3/p+1/b20-13+,21-15+. The fourth-order valence-corrected chi connectivity index (χ4v) is 3.23. The molecule has 1 N–H and O–H groups in total. The van der Waals surface area contributed by atoms with Crippen molar-refractivity contribution in [2.75, 3.05) is 32.9 Å². The molecule has 0 saturated carbocycles. The van der Waals surface area contributed by atoms with E-state index in [1.807, 2.05) is 0 Å². The van der Waals surface area contributed by atoms with Gasteiger partial charge in [0, 0.05) is 0 Å². The van der Waals surface area contributed by atoms with Crippen molar-refractivity contribution < 1.29 is 17.5 Å². The van der Waals surface area contributed by atoms with E-state index < -0.39 is 10.1 Å². The van der Waals surface area contributed by atoms with Crippen LogP contribution in [-0.4, -0.2) is 50.4 Å². The zero-order valence-corrected chi connectivity index (χ0v) is 18.5. The summed E-state index contributed by atoms with van der Waals surface area (Å²) >= 11 is 0. The Morgan fingerprint density at radius 2 is 1.42 bits per heavy atom. The normalized spacial score (nSPS) is 13.8. The van der Waals surface area contributed by atoms with Gasteiger partial charge in [-0.2, -0.15) is 8.42 Å². The third kappa shape index (κ3) is 16.6. The van der Waals surface area contributed by atoms with Crippen molar-refractivity contribution in [3.63, 3.8) is 0 Å². The molecule has 0 aromatic carbocycles. The van der Waals surface area contributed by atoms with Gasteiger partial charge in [-0.1, -0.05) is 28.9 Å². The third-order valence-electron chi connectivity index (χ3n) is 4.47. The highest BCUT2D eigenvalue weighted by Crippen LogP contribution is 2.12. The summed E-state index contributed by atoms with van der Waals surface area (Å²) in [5.41, 5.74) is 4.25. The van der Waals surface area contributed by atoms with Crippen molar-refractivity contribution in [2.45, 2.75) is 66.2 Å². The van der Waals surface area contributed by atoms with E-state index in [1.54, 1.807) is 0 Å². The van der Waals surface area contributed by atoms with Gasteiger partial charge in [0.25, 0.3) is 10.1 Å². The van der Waals surface area contributed by atoms with Crippen LogP contribution in [0.4, 0.5) is 0 Å². The molecular weight excluding hydrogens is 346 g/mol. The molecule has 0 fully saturated rings. The lowest BCUT2D eigenvalue weighted by Gasteiger charge is -2.28. The van der Waals surface area contributed by atoms with Gasteiger partial charge in [-0.05, 0) is 72.3 Å². The van der Waals surface area contributed by atoms with E-state index in [0.29, 0.717) is 6.42 Å². The number of hydrogen-bond donors (Lipinski definition) is 1. The van der Waals surface area contributed by atoms with Gasteiger partial charge in [-0.15, -0.1) is 0 Å². The molecule has 152 valence electrons. The molecular formula is C21H40NO3S+. The molecule has 4 nitrogen and oxygen atoms in total. The van der Waals surface area contributed by atoms with Crippen LogP contribution in [0, 0.1) is 0 Å². The minimum absolute atomic E-state index is 0.138. The Kier molecular flexibility index (Phi) is 12.0. The van der Waals surface area contributed by atoms with E-state index in [-0.39, 0.29) is 5.75 Å². The average Bonchev–Trinajstić information content (AvgIpc) is 2.48. The quantitative estimate of drug-likeness (QED) is 0.206. The molecule has 0 aromatic rings. The molecule has 0 aliphatic rings. The Bertz CT molecular complexity index is 595. The van der Waals surface area contributed by atoms with Crippen LogP contribution in [0.1, 0.15) is 66.2 Å². The maximum absolute atomic E-state index is 10.7. The second kappa shape index (κ2) is 12.5. The first-order chi connectivity index (χ1) is 11.9. The lowest BCUT2D eigenvalue weighted by Crippen LogP contribution is -2.40. The summed E-state index contributed by atoms with van der Waals surface area (Å²) in [6, 6.07) is 0. The van der Waals surface area contributed by atoms with Crippen molar-refractivity contribution in [3.05, 3.63) is 34.9 Å². The smallest absolute Gasteiger partial charge is 0.264 e. The highest BCUT2D eigenvalue weighted by molar-refractivity contribution is 7.85. The number of unbranched alkanes of at least 4 members (excludes halogenated alkanes) is 1. The van der Waals surface area contributed by atoms with Gasteiger partial charge >= 0.3 is 0 Å². The second-order valence-corrected chi connectivity index (χ2v) is 9.87. The Morgan fingerprint density at radius 3 is 1.96 bits per heavy atom. The molecule has 0 atom stereocenters. The highest BCUT2D eigenvalue weighted by Gasteiger charge is 2.14. The first-order valence-electron chi connectivity index (χ1n) is 9.63. The summed E-state index contributed by atoms with van der Waals surface area (Å²) in [5, 5.41) is 0. The zero-order chi connectivity index (χ0) is 20.2. The first kappa shape index (κ1) is 25.1. The van der Waals surface area contributed by atoms with Crippen LogP contribution in [0.5, 0.6) is 0 Å². The molecule has 0 saturated heterocycles. The predicted octanol–water partition coefficient (Wildman–Crippen LogP) is 5.15. The van der Waals surface area contributed by atoms with Crippen molar-refractivity contribution in [2.24, 2.45) is 0 Å². The first-order valence-corrected chi connectivity index (χ1v) is 11.2. The Labute approximate surface area is 162 Å². The topological polar surface area (TPSA) is 54.4 Å². The van der Waals surface area contributed by atoms with Crippen LogP contribution in [-0.2, 0) is 10.1 Å². The molecule has 0 aliphatic heterocycles. The summed E-state index contributed by atoms with van der Waals surface area (Å²) in [6.45, 7) is 10.5. The van der Waals surface area contributed by atoms with Crippen molar-refractivity contribution in [1.82, 2.24) is 0 Å². The summed E-state index contributed by atoms with van der Waals surface area (Å²) in [6.07, 6.45) is 12.7. The van der Waals surface area contributed by atoms with Crippen molar-refractivity contribution in [3.8, 4) is 0 Å². The minimum atomic E-state index is -3.82. The molecule has 0 aromatic heterocycles. The maximum Gasteiger partial charge on any atom is 0.264 e. The van der Waals surface area contributed by atoms with Crippen LogP contribution in [0.2, 0.25) is 0 Å². The minimum Gasteiger partial charge on any atom is -0.325 e. The van der Waals surface area contributed by atoms with Crippen LogP contribution < -0.4 is 0 Å². The number of quaternary nitrogens is 1. The van der Waals surface area contributed by atoms with Crippen LogP contribution in [0.3, 0.4) is 0 Å². The van der Waals surface area contributed by atoms with E-state index in [9.17, 15) is 8.42 Å². The molecule has 0 unspecified atom stereocenters. The van der Waals surface area contributed by atoms with E-state index >= 15 is 0 Å². The van der Waals surface area contributed by atoms with Crippen LogP contribution in [0.15, 0.2) is 34.9 Å². The van der Waals surface area contributed by atoms with E-state index in [4.69, 9.17) is 4.55 Å². The van der Waals surface area contributed by atoms with Crippen LogP contribution >= 0.6 is 0 Å². The fraction of sp³-hybridized carbons (Fsp3) is 0.714. The lowest BCUT2D eigenvalue weighted by molar-refractivity contribution is -0.884. The summed E-state index contributed by atoms with van der Waals surface area (Å²) < 4.78 is 31.1. The molecule has 0 bridgehead atoms. The summed E-state index contributed by atoms with van der Waals surface area (Å²) in [5.74, 6) is -0.138. The van der Waals surface area contributed by atoms with Gasteiger partial charge in [-0.3, -0.25) is 4.55 Å². The predicted molar refractivity (Wildman–Crippen MR) is 113 cm³/mol. The van der Waals surface area contributed by atoms with Crippen LogP contribution in [0.25, 0.3) is 0 Å². The molecule has 0 heterocycles. The molecule has 0 radical (unpaired) electrons. The molecule has 5 heteroatoms. The van der Waals surface area contributed by atoms with Gasteiger partial charge in [0.05, 0.1) is 32.9 Å². The van der Waals surface area contributed by atoms with E-state index in [1.165, 1.54) is 16.7 Å². The average molecular weight is 387 g/mol. The molecule has 0 spiro atoms. The van der Waals surface area contributed by atoms with Gasteiger partial charge in [0.1, 0.15) is 0 Å². The third-order valence-corrected chi connectivity index (χ3v) is 5.28.